The summed E-state index contributed by atoms with van der Waals surface area (Å²) in [6.07, 6.45) is 4.57. The van der Waals surface area contributed by atoms with Gasteiger partial charge in [-0.15, -0.1) is 10.2 Å². The largest absolute Gasteiger partial charge is 0.379 e. The highest BCUT2D eigenvalue weighted by Crippen LogP contribution is 2.20. The molecule has 4 heterocycles. The second-order valence-corrected chi connectivity index (χ2v) is 11.0. The smallest absolute Gasteiger partial charge is 0.253 e. The van der Waals surface area contributed by atoms with Crippen LogP contribution in [0.1, 0.15) is 41.3 Å². The molecule has 34 heavy (non-hydrogen) atoms. The molecule has 1 aromatic heterocycles. The van der Waals surface area contributed by atoms with E-state index in [4.69, 9.17) is 4.74 Å². The van der Waals surface area contributed by atoms with E-state index in [0.717, 1.165) is 44.2 Å². The van der Waals surface area contributed by atoms with Crippen LogP contribution >= 0.6 is 0 Å². The number of nitrogens with zero attached hydrogens (tertiary/aromatic N) is 6. The summed E-state index contributed by atoms with van der Waals surface area (Å²) in [5.41, 5.74) is 0.408. The number of hydrogen-bond donors (Lipinski definition) is 0. The Kier molecular flexibility index (Phi) is 6.96. The lowest BCUT2D eigenvalue weighted by atomic mass is 10.2. The topological polar surface area (TPSA) is 101 Å². The molecule has 10 nitrogen and oxygen atoms in total. The number of ether oxygens (including phenoxy) is 1. The van der Waals surface area contributed by atoms with Crippen LogP contribution in [0.25, 0.3) is 0 Å². The van der Waals surface area contributed by atoms with Gasteiger partial charge in [-0.2, -0.15) is 4.31 Å². The van der Waals surface area contributed by atoms with Crippen LogP contribution in [-0.4, -0.2) is 95.7 Å². The molecule has 0 aliphatic carbocycles. The maximum absolute atomic E-state index is 13.2. The zero-order valence-corrected chi connectivity index (χ0v) is 20.2. The monoisotopic (exact) mass is 488 g/mol. The van der Waals surface area contributed by atoms with E-state index in [-0.39, 0.29) is 10.8 Å². The highest BCUT2D eigenvalue weighted by molar-refractivity contribution is 7.89. The second kappa shape index (κ2) is 10.1. The van der Waals surface area contributed by atoms with Crippen molar-refractivity contribution in [2.45, 2.75) is 43.7 Å². The molecule has 0 saturated carbocycles. The van der Waals surface area contributed by atoms with Gasteiger partial charge in [0, 0.05) is 57.8 Å². The van der Waals surface area contributed by atoms with E-state index < -0.39 is 10.0 Å². The Labute approximate surface area is 200 Å². The van der Waals surface area contributed by atoms with Gasteiger partial charge in [-0.3, -0.25) is 9.69 Å². The predicted molar refractivity (Wildman–Crippen MR) is 125 cm³/mol. The van der Waals surface area contributed by atoms with Gasteiger partial charge in [0.2, 0.25) is 10.0 Å². The second-order valence-electron chi connectivity index (χ2n) is 9.11. The summed E-state index contributed by atoms with van der Waals surface area (Å²) in [5, 5.41) is 8.82. The average molecular weight is 489 g/mol. The molecule has 0 radical (unpaired) electrons. The number of benzene rings is 1. The lowest BCUT2D eigenvalue weighted by molar-refractivity contribution is 0.0623. The number of carbonyl (C=O) groups is 1. The Balaban J connectivity index is 1.21. The van der Waals surface area contributed by atoms with Crippen molar-refractivity contribution < 1.29 is 17.9 Å². The van der Waals surface area contributed by atoms with E-state index in [2.05, 4.69) is 19.7 Å². The summed E-state index contributed by atoms with van der Waals surface area (Å²) >= 11 is 0. The Hall–Kier alpha value is -2.34. The van der Waals surface area contributed by atoms with Crippen molar-refractivity contribution in [1.82, 2.24) is 28.9 Å². The third kappa shape index (κ3) is 4.88. The minimum absolute atomic E-state index is 0.130. The fourth-order valence-corrected chi connectivity index (χ4v) is 6.33. The maximum atomic E-state index is 13.2. The molecule has 0 spiro atoms. The number of amides is 1. The number of fused-ring (bicyclic) bond motifs is 1. The van der Waals surface area contributed by atoms with Gasteiger partial charge in [-0.1, -0.05) is 12.5 Å². The summed E-state index contributed by atoms with van der Waals surface area (Å²) in [4.78, 5) is 17.4. The molecule has 5 rings (SSSR count). The third-order valence-electron chi connectivity index (χ3n) is 6.90. The quantitative estimate of drug-likeness (QED) is 0.619. The minimum Gasteiger partial charge on any atom is -0.379 e. The number of aromatic nitrogens is 3. The number of carbonyl (C=O) groups excluding carboxylic acids is 1. The van der Waals surface area contributed by atoms with Crippen LogP contribution in [-0.2, 0) is 34.3 Å². The van der Waals surface area contributed by atoms with E-state index in [0.29, 0.717) is 45.0 Å². The molecule has 0 N–H and O–H groups in total. The summed E-state index contributed by atoms with van der Waals surface area (Å²) in [6, 6.07) is 6.40. The first kappa shape index (κ1) is 23.4. The van der Waals surface area contributed by atoms with Crippen LogP contribution in [0.2, 0.25) is 0 Å². The summed E-state index contributed by atoms with van der Waals surface area (Å²) < 4.78 is 34.9. The van der Waals surface area contributed by atoms with Crippen LogP contribution in [0.3, 0.4) is 0 Å². The molecule has 184 valence electrons. The van der Waals surface area contributed by atoms with Gasteiger partial charge in [0.1, 0.15) is 11.6 Å². The van der Waals surface area contributed by atoms with Gasteiger partial charge >= 0.3 is 0 Å². The van der Waals surface area contributed by atoms with Crippen LogP contribution in [0.4, 0.5) is 0 Å². The molecule has 2 aromatic rings. The molecule has 2 fully saturated rings. The summed E-state index contributed by atoms with van der Waals surface area (Å²) in [6.45, 7) is 5.86. The number of aryl methyl sites for hydroxylation is 1. The van der Waals surface area contributed by atoms with Crippen LogP contribution < -0.4 is 0 Å². The van der Waals surface area contributed by atoms with Crippen molar-refractivity contribution in [3.8, 4) is 0 Å². The van der Waals surface area contributed by atoms with Crippen LogP contribution in [0.15, 0.2) is 29.2 Å². The van der Waals surface area contributed by atoms with Crippen LogP contribution in [0, 0.1) is 0 Å². The molecular formula is C23H32N6O4S. The van der Waals surface area contributed by atoms with E-state index in [9.17, 15) is 13.2 Å². The molecule has 3 aliphatic heterocycles. The minimum atomic E-state index is -3.64. The normalized spacial score (nSPS) is 20.6. The van der Waals surface area contributed by atoms with Crippen molar-refractivity contribution in [1.29, 1.82) is 0 Å². The Morgan fingerprint density at radius 2 is 1.74 bits per heavy atom. The molecule has 2 saturated heterocycles. The lowest BCUT2D eigenvalue weighted by Gasteiger charge is -2.34. The van der Waals surface area contributed by atoms with E-state index in [1.165, 1.54) is 29.6 Å². The van der Waals surface area contributed by atoms with Gasteiger partial charge in [0.25, 0.3) is 5.91 Å². The maximum Gasteiger partial charge on any atom is 0.253 e. The number of hydrogen-bond acceptors (Lipinski definition) is 7. The number of sulfonamides is 1. The molecule has 1 amide bonds. The first-order valence-electron chi connectivity index (χ1n) is 12.1. The average Bonchev–Trinajstić information content (AvgIpc) is 3.09. The summed E-state index contributed by atoms with van der Waals surface area (Å²) in [5.74, 6) is 1.97. The third-order valence-corrected chi connectivity index (χ3v) is 8.79. The van der Waals surface area contributed by atoms with Gasteiger partial charge < -0.3 is 14.2 Å². The van der Waals surface area contributed by atoms with Crippen LogP contribution in [0.5, 0.6) is 0 Å². The molecule has 0 atom stereocenters. The number of morpholine rings is 1. The SMILES string of the molecule is O=C(c1cccc(S(=O)(=O)N2CCOCC2)c1)N1CCN(Cc2nnc3n2CCCCC3)CC1. The van der Waals surface area contributed by atoms with Crippen molar-refractivity contribution in [3.05, 3.63) is 41.5 Å². The first-order chi connectivity index (χ1) is 16.5. The molecule has 3 aliphatic rings. The molecule has 0 bridgehead atoms. The van der Waals surface area contributed by atoms with Crippen molar-refractivity contribution in [2.75, 3.05) is 52.5 Å². The molecule has 0 unspecified atom stereocenters. The fraction of sp³-hybridized carbons (Fsp3) is 0.609. The zero-order valence-electron chi connectivity index (χ0n) is 19.4. The Morgan fingerprint density at radius 3 is 2.53 bits per heavy atom. The molecule has 11 heteroatoms. The van der Waals surface area contributed by atoms with Crippen molar-refractivity contribution in [2.24, 2.45) is 0 Å². The summed E-state index contributed by atoms with van der Waals surface area (Å²) in [7, 11) is -3.64. The highest BCUT2D eigenvalue weighted by Gasteiger charge is 2.28. The van der Waals surface area contributed by atoms with Crippen molar-refractivity contribution >= 4 is 15.9 Å². The zero-order chi connectivity index (χ0) is 23.5. The lowest BCUT2D eigenvalue weighted by Crippen LogP contribution is -2.48. The number of piperazine rings is 1. The van der Waals surface area contributed by atoms with Gasteiger partial charge in [0.15, 0.2) is 0 Å². The number of rotatable bonds is 5. The first-order valence-corrected chi connectivity index (χ1v) is 13.6. The van der Waals surface area contributed by atoms with E-state index in [1.54, 1.807) is 23.1 Å². The van der Waals surface area contributed by atoms with Crippen molar-refractivity contribution in [3.63, 3.8) is 0 Å². The molecular weight excluding hydrogens is 456 g/mol. The molecule has 1 aromatic carbocycles. The van der Waals surface area contributed by atoms with Gasteiger partial charge in [0.05, 0.1) is 24.7 Å². The fourth-order valence-electron chi connectivity index (χ4n) is 4.88. The van der Waals surface area contributed by atoms with Gasteiger partial charge in [-0.05, 0) is 31.0 Å². The van der Waals surface area contributed by atoms with E-state index >= 15 is 0 Å². The van der Waals surface area contributed by atoms with E-state index in [1.807, 2.05) is 0 Å². The predicted octanol–water partition coefficient (Wildman–Crippen LogP) is 0.983. The Bertz CT molecular complexity index is 1120. The Morgan fingerprint density at radius 1 is 0.941 bits per heavy atom. The highest BCUT2D eigenvalue weighted by atomic mass is 32.2. The standard InChI is InChI=1S/C23H32N6O4S/c30-23(19-5-4-6-20(17-19)34(31,32)28-13-15-33-16-14-28)27-11-9-26(10-12-27)18-22-25-24-21-7-2-1-3-8-29(21)22/h4-6,17H,1-3,7-16,18H2. The van der Waals surface area contributed by atoms with Gasteiger partial charge in [-0.25, -0.2) is 8.42 Å².